The number of carbonyl (C=O) groups is 1. The van der Waals surface area contributed by atoms with Crippen LogP contribution in [0.1, 0.15) is 64.8 Å². The Balaban J connectivity index is 1.18. The van der Waals surface area contributed by atoms with E-state index in [9.17, 15) is 31.9 Å². The van der Waals surface area contributed by atoms with Gasteiger partial charge in [-0.1, -0.05) is 73.7 Å². The Morgan fingerprint density at radius 2 is 1.53 bits per heavy atom. The number of hydrogen-bond acceptors (Lipinski definition) is 6. The van der Waals surface area contributed by atoms with Crippen LogP contribution in [-0.4, -0.2) is 54.9 Å². The van der Waals surface area contributed by atoms with Gasteiger partial charge in [0, 0.05) is 37.7 Å². The molecule has 6 rings (SSSR count). The van der Waals surface area contributed by atoms with Gasteiger partial charge in [-0.25, -0.2) is 22.0 Å². The number of halogens is 5. The maximum absolute atomic E-state index is 14.1. The van der Waals surface area contributed by atoms with Crippen molar-refractivity contribution >= 4 is 5.91 Å². The van der Waals surface area contributed by atoms with E-state index in [0.717, 1.165) is 53.7 Å². The molecule has 12 heteroatoms. The molecule has 0 saturated carbocycles. The molecule has 0 aliphatic carbocycles. The standard InChI is InChI=1S/C39H39F5N2O5/c1-22-30(19-46-16-4-7-29(46)21-49-2)50-39(51-37(22)26-10-8-23(20-47)9-11-26)27-14-12-25(13-15-27)28-6-3-5-24(17-28)18-45-38(48)31-32(40)34(42)36(44)35(43)33(31)41/h3,5-6,8-15,17,22,29-30,37,39,47H,4,7,16,18-21H2,1-2H3,(H,45,48)/t22-,29+,30+,37+,39+/m1/s1. The van der Waals surface area contributed by atoms with Crippen LogP contribution in [0.2, 0.25) is 0 Å². The Kier molecular flexibility index (Phi) is 11.5. The van der Waals surface area contributed by atoms with Crippen LogP contribution in [0, 0.1) is 35.0 Å². The summed E-state index contributed by atoms with van der Waals surface area (Å²) in [6, 6.07) is 22.7. The average Bonchev–Trinajstić information content (AvgIpc) is 3.59. The van der Waals surface area contributed by atoms with E-state index in [1.54, 1.807) is 25.3 Å². The number of nitrogens with zero attached hydrogens (tertiary/aromatic N) is 1. The zero-order chi connectivity index (χ0) is 36.2. The van der Waals surface area contributed by atoms with Crippen LogP contribution in [0.3, 0.4) is 0 Å². The summed E-state index contributed by atoms with van der Waals surface area (Å²) in [5, 5.41) is 11.8. The Bertz CT molecular complexity index is 1810. The van der Waals surface area contributed by atoms with Crippen molar-refractivity contribution in [3.63, 3.8) is 0 Å². The quantitative estimate of drug-likeness (QED) is 0.0962. The third-order valence-corrected chi connectivity index (χ3v) is 9.73. The fourth-order valence-corrected chi connectivity index (χ4v) is 6.84. The van der Waals surface area contributed by atoms with Crippen molar-refractivity contribution in [2.45, 2.75) is 57.5 Å². The lowest BCUT2D eigenvalue weighted by Crippen LogP contribution is -2.46. The molecule has 2 heterocycles. The van der Waals surface area contributed by atoms with Crippen LogP contribution in [0.4, 0.5) is 22.0 Å². The minimum atomic E-state index is -2.33. The van der Waals surface area contributed by atoms with E-state index < -0.39 is 46.8 Å². The molecule has 0 unspecified atom stereocenters. The van der Waals surface area contributed by atoms with Crippen LogP contribution >= 0.6 is 0 Å². The molecule has 270 valence electrons. The molecular weight excluding hydrogens is 671 g/mol. The molecule has 2 aliphatic heterocycles. The molecule has 4 aromatic carbocycles. The second-order valence-corrected chi connectivity index (χ2v) is 13.0. The van der Waals surface area contributed by atoms with Crippen molar-refractivity contribution < 1.29 is 46.1 Å². The Morgan fingerprint density at radius 3 is 2.20 bits per heavy atom. The van der Waals surface area contributed by atoms with Gasteiger partial charge >= 0.3 is 0 Å². The fourth-order valence-electron chi connectivity index (χ4n) is 6.84. The van der Waals surface area contributed by atoms with E-state index >= 15 is 0 Å². The molecular formula is C39H39F5N2O5. The first-order valence-electron chi connectivity index (χ1n) is 16.8. The van der Waals surface area contributed by atoms with E-state index in [-0.39, 0.29) is 31.3 Å². The van der Waals surface area contributed by atoms with E-state index in [4.69, 9.17) is 14.2 Å². The zero-order valence-electron chi connectivity index (χ0n) is 28.2. The van der Waals surface area contributed by atoms with Gasteiger partial charge in [-0.3, -0.25) is 9.69 Å². The van der Waals surface area contributed by atoms with E-state index in [1.807, 2.05) is 54.6 Å². The summed E-state index contributed by atoms with van der Waals surface area (Å²) in [4.78, 5) is 14.9. The Morgan fingerprint density at radius 1 is 0.863 bits per heavy atom. The van der Waals surface area contributed by atoms with Crippen LogP contribution in [0.15, 0.2) is 72.8 Å². The van der Waals surface area contributed by atoms with Gasteiger partial charge in [0.25, 0.3) is 5.91 Å². The van der Waals surface area contributed by atoms with Crippen molar-refractivity contribution in [1.82, 2.24) is 10.2 Å². The zero-order valence-corrected chi connectivity index (χ0v) is 28.2. The smallest absolute Gasteiger partial charge is 0.257 e. The summed E-state index contributed by atoms with van der Waals surface area (Å²) in [5.41, 5.74) is 3.20. The molecule has 0 aromatic heterocycles. The Labute approximate surface area is 292 Å². The lowest BCUT2D eigenvalue weighted by molar-refractivity contribution is -0.276. The number of aliphatic hydroxyl groups excluding tert-OH is 1. The second kappa shape index (κ2) is 16.0. The molecule has 2 N–H and O–H groups in total. The van der Waals surface area contributed by atoms with Crippen LogP contribution < -0.4 is 5.32 Å². The molecule has 0 radical (unpaired) electrons. The number of hydrogen-bond donors (Lipinski definition) is 2. The van der Waals surface area contributed by atoms with Crippen molar-refractivity contribution in [2.75, 3.05) is 26.8 Å². The number of methoxy groups -OCH3 is 1. The van der Waals surface area contributed by atoms with Crippen LogP contribution in [-0.2, 0) is 27.4 Å². The number of likely N-dealkylation sites (tertiary alicyclic amines) is 1. The molecule has 7 nitrogen and oxygen atoms in total. The maximum atomic E-state index is 14.1. The highest BCUT2D eigenvalue weighted by Crippen LogP contribution is 2.42. The molecule has 1 amide bonds. The number of aliphatic hydroxyl groups is 1. The van der Waals surface area contributed by atoms with Gasteiger partial charge in [-0.2, -0.15) is 0 Å². The SMILES string of the molecule is COC[C@@H]1CCCN1C[C@@H]1O[C@H](c2ccc(-c3cccc(CNC(=O)c4c(F)c(F)c(F)c(F)c4F)c3)cc2)O[C@H](c2ccc(CO)cc2)[C@@H]1C. The highest BCUT2D eigenvalue weighted by molar-refractivity contribution is 5.94. The van der Waals surface area contributed by atoms with Crippen molar-refractivity contribution in [1.29, 1.82) is 0 Å². The Hall–Kier alpha value is -4.20. The third kappa shape index (κ3) is 7.85. The van der Waals surface area contributed by atoms with Crippen LogP contribution in [0.5, 0.6) is 0 Å². The van der Waals surface area contributed by atoms with Gasteiger partial charge in [0.1, 0.15) is 5.56 Å². The van der Waals surface area contributed by atoms with E-state index in [1.165, 1.54) is 0 Å². The predicted molar refractivity (Wildman–Crippen MR) is 179 cm³/mol. The predicted octanol–water partition coefficient (Wildman–Crippen LogP) is 7.37. The van der Waals surface area contributed by atoms with Gasteiger partial charge in [-0.05, 0) is 53.3 Å². The summed E-state index contributed by atoms with van der Waals surface area (Å²) < 4.78 is 87.7. The number of rotatable bonds is 11. The summed E-state index contributed by atoms with van der Waals surface area (Å²) in [6.07, 6.45) is 1.11. The van der Waals surface area contributed by atoms with Gasteiger partial charge in [0.05, 0.1) is 25.4 Å². The highest BCUT2D eigenvalue weighted by Gasteiger charge is 2.40. The van der Waals surface area contributed by atoms with Crippen molar-refractivity contribution in [3.05, 3.63) is 130 Å². The number of benzene rings is 4. The highest BCUT2D eigenvalue weighted by atomic mass is 19.2. The topological polar surface area (TPSA) is 80.3 Å². The average molecular weight is 711 g/mol. The summed E-state index contributed by atoms with van der Waals surface area (Å²) in [6.45, 7) is 4.22. The van der Waals surface area contributed by atoms with Gasteiger partial charge in [0.2, 0.25) is 5.82 Å². The fraction of sp³-hybridized carbons (Fsp3) is 0.359. The third-order valence-electron chi connectivity index (χ3n) is 9.73. The lowest BCUT2D eigenvalue weighted by atomic mass is 9.89. The lowest BCUT2D eigenvalue weighted by Gasteiger charge is -2.43. The minimum absolute atomic E-state index is 0.0293. The number of nitrogens with one attached hydrogen (secondary N) is 1. The monoisotopic (exact) mass is 710 g/mol. The molecule has 0 bridgehead atoms. The van der Waals surface area contributed by atoms with E-state index in [0.29, 0.717) is 18.2 Å². The van der Waals surface area contributed by atoms with Gasteiger partial charge in [-0.15, -0.1) is 0 Å². The normalized spacial score (nSPS) is 22.3. The molecule has 4 aromatic rings. The number of ether oxygens (including phenoxy) is 3. The minimum Gasteiger partial charge on any atom is -0.392 e. The maximum Gasteiger partial charge on any atom is 0.257 e. The first-order valence-corrected chi connectivity index (χ1v) is 16.8. The van der Waals surface area contributed by atoms with E-state index in [2.05, 4.69) is 17.1 Å². The van der Waals surface area contributed by atoms with Crippen molar-refractivity contribution in [2.24, 2.45) is 5.92 Å². The first-order chi connectivity index (χ1) is 24.6. The number of amides is 1. The summed E-state index contributed by atoms with van der Waals surface area (Å²) in [7, 11) is 1.72. The second-order valence-electron chi connectivity index (χ2n) is 13.0. The molecule has 2 saturated heterocycles. The first kappa shape index (κ1) is 36.6. The molecule has 2 aliphatic rings. The molecule has 5 atom stereocenters. The molecule has 0 spiro atoms. The molecule has 2 fully saturated rings. The van der Waals surface area contributed by atoms with Gasteiger partial charge in [0.15, 0.2) is 29.6 Å². The summed E-state index contributed by atoms with van der Waals surface area (Å²) >= 11 is 0. The van der Waals surface area contributed by atoms with Gasteiger partial charge < -0.3 is 24.6 Å². The van der Waals surface area contributed by atoms with Crippen molar-refractivity contribution in [3.8, 4) is 11.1 Å². The molecule has 51 heavy (non-hydrogen) atoms. The summed E-state index contributed by atoms with van der Waals surface area (Å²) in [5.74, 6) is -12.5. The largest absolute Gasteiger partial charge is 0.392 e. The number of carbonyl (C=O) groups excluding carboxylic acids is 1. The van der Waals surface area contributed by atoms with Crippen LogP contribution in [0.25, 0.3) is 11.1 Å².